The van der Waals surface area contributed by atoms with Gasteiger partial charge in [0.2, 0.25) is 0 Å². The van der Waals surface area contributed by atoms with E-state index in [9.17, 15) is 4.79 Å². The molecule has 1 aliphatic carbocycles. The van der Waals surface area contributed by atoms with Gasteiger partial charge >= 0.3 is 0 Å². The Morgan fingerprint density at radius 3 is 2.25 bits per heavy atom. The number of ketones is 1. The first kappa shape index (κ1) is 13.8. The summed E-state index contributed by atoms with van der Waals surface area (Å²) >= 11 is 0. The Balaban J connectivity index is 1.78. The molecule has 2 fully saturated rings. The lowest BCUT2D eigenvalue weighted by Crippen LogP contribution is -2.43. The van der Waals surface area contributed by atoms with Gasteiger partial charge in [0.15, 0.2) is 5.78 Å². The molecule has 0 atom stereocenters. The molecule has 3 rings (SSSR count). The number of piperidine rings is 1. The van der Waals surface area contributed by atoms with Crippen LogP contribution >= 0.6 is 0 Å². The van der Waals surface area contributed by atoms with Gasteiger partial charge in [0.1, 0.15) is 0 Å². The van der Waals surface area contributed by atoms with Gasteiger partial charge < -0.3 is 0 Å². The molecular weight excluding hydrogens is 246 g/mol. The van der Waals surface area contributed by atoms with E-state index in [4.69, 9.17) is 0 Å². The molecule has 0 N–H and O–H groups in total. The number of hydrogen-bond acceptors (Lipinski definition) is 2. The monoisotopic (exact) mass is 271 g/mol. The molecule has 1 saturated carbocycles. The van der Waals surface area contributed by atoms with Crippen LogP contribution < -0.4 is 0 Å². The van der Waals surface area contributed by atoms with Crippen molar-refractivity contribution in [1.82, 2.24) is 4.90 Å². The van der Waals surface area contributed by atoms with Gasteiger partial charge in [-0.25, -0.2) is 0 Å². The lowest BCUT2D eigenvalue weighted by atomic mass is 9.75. The van der Waals surface area contributed by atoms with Crippen LogP contribution in [0, 0.1) is 0 Å². The number of carbonyl (C=O) groups excluding carboxylic acids is 1. The Bertz CT molecular complexity index is 442. The van der Waals surface area contributed by atoms with Crippen LogP contribution in [0.4, 0.5) is 0 Å². The van der Waals surface area contributed by atoms with Crippen molar-refractivity contribution < 1.29 is 4.79 Å². The summed E-state index contributed by atoms with van der Waals surface area (Å²) in [6.07, 6.45) is 8.32. The average Bonchev–Trinajstić information content (AvgIpc) is 3.00. The third-order valence-corrected chi connectivity index (χ3v) is 5.13. The Kier molecular flexibility index (Phi) is 4.21. The minimum absolute atomic E-state index is 0.182. The van der Waals surface area contributed by atoms with Crippen molar-refractivity contribution in [2.45, 2.75) is 50.4 Å². The maximum Gasteiger partial charge on any atom is 0.157 e. The molecule has 0 spiro atoms. The fraction of sp³-hybridized carbons (Fsp3) is 0.611. The smallest absolute Gasteiger partial charge is 0.157 e. The molecule has 0 aromatic heterocycles. The number of hydrogen-bond donors (Lipinski definition) is 0. The molecule has 1 saturated heterocycles. The van der Waals surface area contributed by atoms with E-state index in [1.807, 2.05) is 6.07 Å². The third kappa shape index (κ3) is 2.67. The molecule has 108 valence electrons. The second-order valence-corrected chi connectivity index (χ2v) is 6.42. The highest BCUT2D eigenvalue weighted by Gasteiger charge is 2.42. The summed E-state index contributed by atoms with van der Waals surface area (Å²) in [5.74, 6) is 0.461. The lowest BCUT2D eigenvalue weighted by molar-refractivity contribution is -0.125. The molecule has 0 amide bonds. The second kappa shape index (κ2) is 6.09. The first-order chi connectivity index (χ1) is 9.81. The zero-order valence-electron chi connectivity index (χ0n) is 12.3. The zero-order valence-corrected chi connectivity index (χ0v) is 12.3. The average molecular weight is 271 g/mol. The number of carbonyl (C=O) groups is 1. The lowest BCUT2D eigenvalue weighted by Gasteiger charge is -2.33. The van der Waals surface area contributed by atoms with E-state index >= 15 is 0 Å². The largest absolute Gasteiger partial charge is 0.297 e. The molecular formula is C18H25NO. The SMILES string of the molecule is O=C(CN1CCCCC1)C1(c2ccccc2)CCCC1. The van der Waals surface area contributed by atoms with Crippen molar-refractivity contribution in [2.75, 3.05) is 19.6 Å². The highest BCUT2D eigenvalue weighted by Crippen LogP contribution is 2.42. The van der Waals surface area contributed by atoms with E-state index < -0.39 is 0 Å². The number of likely N-dealkylation sites (tertiary alicyclic amines) is 1. The summed E-state index contributed by atoms with van der Waals surface area (Å²) in [5, 5.41) is 0. The van der Waals surface area contributed by atoms with Gasteiger partial charge in [-0.2, -0.15) is 0 Å². The summed E-state index contributed by atoms with van der Waals surface area (Å²) in [6, 6.07) is 10.5. The van der Waals surface area contributed by atoms with Crippen LogP contribution in [0.15, 0.2) is 30.3 Å². The van der Waals surface area contributed by atoms with Crippen LogP contribution in [0.3, 0.4) is 0 Å². The van der Waals surface area contributed by atoms with Crippen LogP contribution in [0.25, 0.3) is 0 Å². The maximum absolute atomic E-state index is 13.0. The standard InChI is InChI=1S/C18H25NO/c20-17(15-19-13-7-2-8-14-19)18(11-5-6-12-18)16-9-3-1-4-10-16/h1,3-4,9-10H,2,5-8,11-15H2. The molecule has 1 aromatic carbocycles. The van der Waals surface area contributed by atoms with E-state index in [0.717, 1.165) is 25.9 Å². The summed E-state index contributed by atoms with van der Waals surface area (Å²) in [6.45, 7) is 2.88. The normalized spacial score (nSPS) is 22.8. The molecule has 2 aliphatic rings. The summed E-state index contributed by atoms with van der Waals surface area (Å²) in [4.78, 5) is 15.4. The summed E-state index contributed by atoms with van der Waals surface area (Å²) in [7, 11) is 0. The first-order valence-electron chi connectivity index (χ1n) is 8.12. The van der Waals surface area contributed by atoms with Gasteiger partial charge in [-0.15, -0.1) is 0 Å². The van der Waals surface area contributed by atoms with Crippen molar-refractivity contribution in [3.63, 3.8) is 0 Å². The Morgan fingerprint density at radius 1 is 0.950 bits per heavy atom. The quantitative estimate of drug-likeness (QED) is 0.834. The minimum Gasteiger partial charge on any atom is -0.297 e. The molecule has 0 radical (unpaired) electrons. The fourth-order valence-electron chi connectivity index (χ4n) is 3.94. The molecule has 2 nitrogen and oxygen atoms in total. The predicted molar refractivity (Wildman–Crippen MR) is 81.9 cm³/mol. The summed E-state index contributed by atoms with van der Waals surface area (Å²) in [5.41, 5.74) is 1.07. The molecule has 0 unspecified atom stereocenters. The van der Waals surface area contributed by atoms with Crippen LogP contribution in [0.2, 0.25) is 0 Å². The van der Waals surface area contributed by atoms with Gasteiger partial charge in [0, 0.05) is 0 Å². The van der Waals surface area contributed by atoms with Gasteiger partial charge in [0.25, 0.3) is 0 Å². The molecule has 20 heavy (non-hydrogen) atoms. The van der Waals surface area contributed by atoms with E-state index in [-0.39, 0.29) is 5.41 Å². The first-order valence-corrected chi connectivity index (χ1v) is 8.12. The van der Waals surface area contributed by atoms with E-state index in [1.165, 1.54) is 37.7 Å². The highest BCUT2D eigenvalue weighted by atomic mass is 16.1. The molecule has 1 heterocycles. The minimum atomic E-state index is -0.182. The molecule has 0 bridgehead atoms. The number of benzene rings is 1. The van der Waals surface area contributed by atoms with Crippen molar-refractivity contribution in [2.24, 2.45) is 0 Å². The van der Waals surface area contributed by atoms with Crippen molar-refractivity contribution in [3.8, 4) is 0 Å². The van der Waals surface area contributed by atoms with Crippen molar-refractivity contribution >= 4 is 5.78 Å². The third-order valence-electron chi connectivity index (χ3n) is 5.13. The van der Waals surface area contributed by atoms with Crippen molar-refractivity contribution in [1.29, 1.82) is 0 Å². The molecule has 2 heteroatoms. The van der Waals surface area contributed by atoms with Gasteiger partial charge in [-0.05, 0) is 44.3 Å². The summed E-state index contributed by atoms with van der Waals surface area (Å²) < 4.78 is 0. The predicted octanol–water partition coefficient (Wildman–Crippen LogP) is 3.55. The number of Topliss-reactive ketones (excluding diaryl/α,β-unsaturated/α-hetero) is 1. The van der Waals surface area contributed by atoms with Gasteiger partial charge in [-0.3, -0.25) is 9.69 Å². The number of nitrogens with zero attached hydrogens (tertiary/aromatic N) is 1. The Hall–Kier alpha value is -1.15. The van der Waals surface area contributed by atoms with Gasteiger partial charge in [-0.1, -0.05) is 49.6 Å². The fourth-order valence-corrected chi connectivity index (χ4v) is 3.94. The van der Waals surface area contributed by atoms with Crippen molar-refractivity contribution in [3.05, 3.63) is 35.9 Å². The second-order valence-electron chi connectivity index (χ2n) is 6.42. The van der Waals surface area contributed by atoms with E-state index in [2.05, 4.69) is 29.2 Å². The van der Waals surface area contributed by atoms with E-state index in [0.29, 0.717) is 12.3 Å². The van der Waals surface area contributed by atoms with Crippen LogP contribution in [0.1, 0.15) is 50.5 Å². The van der Waals surface area contributed by atoms with Crippen LogP contribution in [-0.4, -0.2) is 30.3 Å². The molecule has 1 aromatic rings. The topological polar surface area (TPSA) is 20.3 Å². The zero-order chi connectivity index (χ0) is 13.8. The molecule has 1 aliphatic heterocycles. The Morgan fingerprint density at radius 2 is 1.60 bits per heavy atom. The van der Waals surface area contributed by atoms with Crippen LogP contribution in [-0.2, 0) is 10.2 Å². The van der Waals surface area contributed by atoms with Gasteiger partial charge in [0.05, 0.1) is 12.0 Å². The highest BCUT2D eigenvalue weighted by molar-refractivity contribution is 5.92. The Labute approximate surface area is 122 Å². The van der Waals surface area contributed by atoms with Crippen LogP contribution in [0.5, 0.6) is 0 Å². The maximum atomic E-state index is 13.0. The van der Waals surface area contributed by atoms with E-state index in [1.54, 1.807) is 0 Å². The number of rotatable bonds is 4.